The Morgan fingerprint density at radius 1 is 0.970 bits per heavy atom. The van der Waals surface area contributed by atoms with Crippen molar-refractivity contribution in [2.45, 2.75) is 62.4 Å². The topological polar surface area (TPSA) is 89.6 Å². The van der Waals surface area contributed by atoms with Crippen molar-refractivity contribution in [1.82, 2.24) is 20.6 Å². The summed E-state index contributed by atoms with van der Waals surface area (Å²) in [6.07, 6.45) is 7.88. The summed E-state index contributed by atoms with van der Waals surface area (Å²) in [6.45, 7) is 1.10. The highest BCUT2D eigenvalue weighted by Gasteiger charge is 2.48. The van der Waals surface area contributed by atoms with Crippen molar-refractivity contribution in [2.24, 2.45) is 0 Å². The monoisotopic (exact) mass is 469 g/mol. The third kappa shape index (κ3) is 5.20. The van der Waals surface area contributed by atoms with Crippen molar-refractivity contribution in [3.05, 3.63) is 36.5 Å². The molecule has 3 fully saturated rings. The van der Waals surface area contributed by atoms with Crippen LogP contribution in [0.1, 0.15) is 32.1 Å². The summed E-state index contributed by atoms with van der Waals surface area (Å²) < 4.78 is 17.4. The zero-order valence-electron chi connectivity index (χ0n) is 18.8. The lowest BCUT2D eigenvalue weighted by Crippen LogP contribution is -2.51. The van der Waals surface area contributed by atoms with E-state index in [0.29, 0.717) is 30.3 Å². The lowest BCUT2D eigenvalue weighted by Gasteiger charge is -2.26. The molecule has 176 valence electrons. The Kier molecular flexibility index (Phi) is 6.89. The van der Waals surface area contributed by atoms with Gasteiger partial charge in [0, 0.05) is 17.8 Å². The maximum Gasteiger partial charge on any atom is 0.223 e. The van der Waals surface area contributed by atoms with Gasteiger partial charge in [-0.1, -0.05) is 19.3 Å². The number of hydrogen-bond acceptors (Lipinski definition) is 7. The smallest absolute Gasteiger partial charge is 0.223 e. The molecule has 0 bridgehead atoms. The average molecular weight is 470 g/mol. The van der Waals surface area contributed by atoms with E-state index >= 15 is 0 Å². The first-order valence-electron chi connectivity index (χ1n) is 11.7. The van der Waals surface area contributed by atoms with Gasteiger partial charge in [-0.25, -0.2) is 9.97 Å². The summed E-state index contributed by atoms with van der Waals surface area (Å²) in [4.78, 5) is 9.09. The van der Waals surface area contributed by atoms with E-state index < -0.39 is 0 Å². The number of thiocarbonyl (C=S) groups is 1. The van der Waals surface area contributed by atoms with Crippen LogP contribution in [-0.2, 0) is 9.47 Å². The minimum absolute atomic E-state index is 0.0206. The SMILES string of the molecule is COc1ccc(-c2ccnc(N[C@H]3CO[C@H]4[C@@H]3OC[C@@H]4NC(=S)NC3CCCCC3)n2)cc1. The van der Waals surface area contributed by atoms with Gasteiger partial charge in [0.2, 0.25) is 5.95 Å². The maximum atomic E-state index is 6.10. The lowest BCUT2D eigenvalue weighted by molar-refractivity contribution is 0.0688. The molecular formula is C24H31N5O3S. The molecule has 1 saturated carbocycles. The zero-order valence-corrected chi connectivity index (χ0v) is 19.6. The van der Waals surface area contributed by atoms with Gasteiger partial charge in [0.25, 0.3) is 0 Å². The molecule has 9 heteroatoms. The molecule has 0 unspecified atom stereocenters. The second-order valence-corrected chi connectivity index (χ2v) is 9.31. The Labute approximate surface area is 199 Å². The molecular weight excluding hydrogens is 438 g/mol. The second-order valence-electron chi connectivity index (χ2n) is 8.90. The third-order valence-corrected chi connectivity index (χ3v) is 6.90. The lowest BCUT2D eigenvalue weighted by atomic mass is 9.96. The van der Waals surface area contributed by atoms with E-state index in [0.717, 1.165) is 17.0 Å². The van der Waals surface area contributed by atoms with Gasteiger partial charge >= 0.3 is 0 Å². The molecule has 1 aromatic heterocycles. The van der Waals surface area contributed by atoms with Gasteiger partial charge in [-0.2, -0.15) is 0 Å². The van der Waals surface area contributed by atoms with Crippen LogP contribution in [0.15, 0.2) is 36.5 Å². The number of methoxy groups -OCH3 is 1. The van der Waals surface area contributed by atoms with Crippen molar-refractivity contribution in [3.63, 3.8) is 0 Å². The van der Waals surface area contributed by atoms with Crippen LogP contribution < -0.4 is 20.7 Å². The molecule has 8 nitrogen and oxygen atoms in total. The molecule has 0 radical (unpaired) electrons. The van der Waals surface area contributed by atoms with Crippen molar-refractivity contribution < 1.29 is 14.2 Å². The number of anilines is 1. The van der Waals surface area contributed by atoms with Gasteiger partial charge < -0.3 is 30.2 Å². The number of aromatic nitrogens is 2. The molecule has 3 aliphatic rings. The minimum atomic E-state index is -0.0757. The van der Waals surface area contributed by atoms with Crippen LogP contribution in [0, 0.1) is 0 Å². The number of hydrogen-bond donors (Lipinski definition) is 3. The summed E-state index contributed by atoms with van der Waals surface area (Å²) in [6, 6.07) is 10.2. The Morgan fingerprint density at radius 2 is 1.70 bits per heavy atom. The number of nitrogens with one attached hydrogen (secondary N) is 3. The molecule has 1 aliphatic carbocycles. The first-order valence-corrected chi connectivity index (χ1v) is 12.1. The minimum Gasteiger partial charge on any atom is -0.497 e. The highest BCUT2D eigenvalue weighted by Crippen LogP contribution is 2.29. The summed E-state index contributed by atoms with van der Waals surface area (Å²) in [7, 11) is 1.66. The van der Waals surface area contributed by atoms with Crippen LogP contribution >= 0.6 is 12.2 Å². The van der Waals surface area contributed by atoms with E-state index in [9.17, 15) is 0 Å². The van der Waals surface area contributed by atoms with E-state index in [4.69, 9.17) is 26.4 Å². The number of benzene rings is 1. The van der Waals surface area contributed by atoms with Crippen LogP contribution in [0.5, 0.6) is 5.75 Å². The number of rotatable bonds is 6. The fourth-order valence-electron chi connectivity index (χ4n) is 4.91. The first kappa shape index (κ1) is 22.3. The van der Waals surface area contributed by atoms with Crippen molar-refractivity contribution in [3.8, 4) is 17.0 Å². The van der Waals surface area contributed by atoms with Gasteiger partial charge in [-0.15, -0.1) is 0 Å². The van der Waals surface area contributed by atoms with Crippen molar-refractivity contribution >= 4 is 23.3 Å². The largest absolute Gasteiger partial charge is 0.497 e. The van der Waals surface area contributed by atoms with Crippen LogP contribution in [0.3, 0.4) is 0 Å². The summed E-state index contributed by atoms with van der Waals surface area (Å²) >= 11 is 5.57. The van der Waals surface area contributed by atoms with Crippen LogP contribution in [0.2, 0.25) is 0 Å². The molecule has 5 rings (SSSR count). The highest BCUT2D eigenvalue weighted by molar-refractivity contribution is 7.80. The predicted octanol–water partition coefficient (Wildman–Crippen LogP) is 2.90. The third-order valence-electron chi connectivity index (χ3n) is 6.67. The summed E-state index contributed by atoms with van der Waals surface area (Å²) in [5, 5.41) is 11.0. The normalized spacial score (nSPS) is 27.1. The van der Waals surface area contributed by atoms with Crippen LogP contribution in [-0.4, -0.2) is 65.7 Å². The van der Waals surface area contributed by atoms with E-state index in [1.54, 1.807) is 13.3 Å². The van der Waals surface area contributed by atoms with E-state index in [1.165, 1.54) is 32.1 Å². The second kappa shape index (κ2) is 10.2. The molecule has 0 amide bonds. The fraction of sp³-hybridized carbons (Fsp3) is 0.542. The molecule has 2 aliphatic heterocycles. The van der Waals surface area contributed by atoms with E-state index in [1.807, 2.05) is 30.3 Å². The number of ether oxygens (including phenoxy) is 3. The van der Waals surface area contributed by atoms with Gasteiger partial charge in [-0.3, -0.25) is 0 Å². The Morgan fingerprint density at radius 3 is 2.45 bits per heavy atom. The van der Waals surface area contributed by atoms with Gasteiger partial charge in [-0.05, 0) is 55.4 Å². The van der Waals surface area contributed by atoms with Gasteiger partial charge in [0.15, 0.2) is 5.11 Å². The van der Waals surface area contributed by atoms with E-state index in [-0.39, 0.29) is 24.3 Å². The summed E-state index contributed by atoms with van der Waals surface area (Å²) in [5.74, 6) is 1.38. The average Bonchev–Trinajstić information content (AvgIpc) is 3.43. The fourth-order valence-corrected chi connectivity index (χ4v) is 5.22. The standard InChI is InChI=1S/C24H31N5O3S/c1-30-17-9-7-15(8-10-17)18-11-12-25-23(27-18)28-19-13-31-22-20(14-32-21(19)22)29-24(33)26-16-5-3-2-4-6-16/h7-12,16,19-22H,2-6,13-14H2,1H3,(H,25,27,28)(H2,26,29,33)/t19-,20-,21+,22+/m0/s1. The van der Waals surface area contributed by atoms with Gasteiger partial charge in [0.05, 0.1) is 38.1 Å². The first-order chi connectivity index (χ1) is 16.2. The van der Waals surface area contributed by atoms with Crippen LogP contribution in [0.25, 0.3) is 11.3 Å². The Bertz CT molecular complexity index is 953. The van der Waals surface area contributed by atoms with E-state index in [2.05, 4.69) is 25.9 Å². The Hall–Kier alpha value is -2.49. The zero-order chi connectivity index (χ0) is 22.6. The number of fused-ring (bicyclic) bond motifs is 1. The van der Waals surface area contributed by atoms with Crippen molar-refractivity contribution in [2.75, 3.05) is 25.6 Å². The van der Waals surface area contributed by atoms with Crippen LogP contribution in [0.4, 0.5) is 5.95 Å². The molecule has 1 aromatic carbocycles. The maximum absolute atomic E-state index is 6.10. The Balaban J connectivity index is 1.17. The molecule has 2 aromatic rings. The highest BCUT2D eigenvalue weighted by atomic mass is 32.1. The molecule has 3 N–H and O–H groups in total. The van der Waals surface area contributed by atoms with Gasteiger partial charge in [0.1, 0.15) is 18.0 Å². The molecule has 33 heavy (non-hydrogen) atoms. The molecule has 4 atom stereocenters. The quantitative estimate of drug-likeness (QED) is 0.553. The number of nitrogens with zero attached hydrogens (tertiary/aromatic N) is 2. The molecule has 3 heterocycles. The molecule has 2 saturated heterocycles. The van der Waals surface area contributed by atoms with Crippen molar-refractivity contribution in [1.29, 1.82) is 0 Å². The predicted molar refractivity (Wildman–Crippen MR) is 130 cm³/mol. The molecule has 0 spiro atoms. The summed E-state index contributed by atoms with van der Waals surface area (Å²) in [5.41, 5.74) is 1.85.